The number of rotatable bonds is 5. The van der Waals surface area contributed by atoms with Gasteiger partial charge in [0.25, 0.3) is 15.9 Å². The van der Waals surface area contributed by atoms with E-state index in [4.69, 9.17) is 5.26 Å². The molecule has 0 fully saturated rings. The van der Waals surface area contributed by atoms with Crippen LogP contribution in [0.4, 0.5) is 5.82 Å². The number of amides is 1. The van der Waals surface area contributed by atoms with Crippen molar-refractivity contribution in [2.24, 2.45) is 0 Å². The van der Waals surface area contributed by atoms with E-state index in [-0.39, 0.29) is 16.6 Å². The normalized spacial score (nSPS) is 11.2. The molecule has 1 aromatic carbocycles. The van der Waals surface area contributed by atoms with Crippen molar-refractivity contribution in [3.8, 4) is 17.2 Å². The number of hydrogen-bond acceptors (Lipinski definition) is 6. The van der Waals surface area contributed by atoms with Crippen LogP contribution in [-0.2, 0) is 10.0 Å². The third-order valence-corrected chi connectivity index (χ3v) is 6.79. The lowest BCUT2D eigenvalue weighted by Crippen LogP contribution is -2.27. The first-order valence-electron chi connectivity index (χ1n) is 9.50. The molecule has 0 spiro atoms. The number of fused-ring (bicyclic) bond motifs is 1. The lowest BCUT2D eigenvalue weighted by molar-refractivity contribution is 0.0963. The summed E-state index contributed by atoms with van der Waals surface area (Å²) in [6, 6.07) is 14.9. The van der Waals surface area contributed by atoms with Gasteiger partial charge in [0.1, 0.15) is 11.9 Å². The first kappa shape index (κ1) is 21.0. The molecule has 1 amide bonds. The molecule has 0 bridgehead atoms. The Kier molecular flexibility index (Phi) is 5.34. The van der Waals surface area contributed by atoms with Crippen molar-refractivity contribution >= 4 is 27.3 Å². The van der Waals surface area contributed by atoms with Gasteiger partial charge < -0.3 is 5.32 Å². The fourth-order valence-electron chi connectivity index (χ4n) is 3.21. The average molecular weight is 446 g/mol. The van der Waals surface area contributed by atoms with Crippen molar-refractivity contribution in [1.29, 1.82) is 5.26 Å². The number of nitrogens with one attached hydrogen (secondary N) is 1. The molecule has 0 saturated heterocycles. The minimum Gasteiger partial charge on any atom is -0.355 e. The van der Waals surface area contributed by atoms with Crippen LogP contribution < -0.4 is 9.62 Å². The van der Waals surface area contributed by atoms with E-state index in [9.17, 15) is 13.2 Å². The van der Waals surface area contributed by atoms with Gasteiger partial charge in [-0.2, -0.15) is 10.4 Å². The molecule has 0 aliphatic carbocycles. The fraction of sp³-hybridized carbons (Fsp3) is 0.0909. The molecular weight excluding hydrogens is 428 g/mol. The molecular formula is C22H18N6O3S. The predicted octanol–water partition coefficient (Wildman–Crippen LogP) is 2.45. The Hall–Kier alpha value is -4.23. The van der Waals surface area contributed by atoms with Crippen LogP contribution in [0.2, 0.25) is 0 Å². The number of aromatic nitrogens is 3. The van der Waals surface area contributed by atoms with Gasteiger partial charge in [-0.05, 0) is 42.0 Å². The molecule has 0 aliphatic rings. The monoisotopic (exact) mass is 446 g/mol. The third kappa shape index (κ3) is 3.66. The van der Waals surface area contributed by atoms with Crippen molar-refractivity contribution in [3.63, 3.8) is 0 Å². The molecule has 4 rings (SSSR count). The minimum absolute atomic E-state index is 0.0717. The molecule has 1 N–H and O–H groups in total. The zero-order valence-electron chi connectivity index (χ0n) is 17.2. The van der Waals surface area contributed by atoms with Crippen molar-refractivity contribution in [2.75, 3.05) is 18.4 Å². The summed E-state index contributed by atoms with van der Waals surface area (Å²) in [6.45, 7) is 0. The van der Waals surface area contributed by atoms with E-state index in [2.05, 4.69) is 15.4 Å². The van der Waals surface area contributed by atoms with E-state index in [0.717, 1.165) is 15.4 Å². The summed E-state index contributed by atoms with van der Waals surface area (Å²) in [4.78, 5) is 15.9. The van der Waals surface area contributed by atoms with Crippen LogP contribution in [0.3, 0.4) is 0 Å². The largest absolute Gasteiger partial charge is 0.355 e. The van der Waals surface area contributed by atoms with Gasteiger partial charge in [-0.15, -0.1) is 0 Å². The van der Waals surface area contributed by atoms with E-state index in [1.54, 1.807) is 54.3 Å². The standard InChI is InChI=1S/C22H18N6O3S/c1-24-22(29)17-6-4-16(5-7-17)19-14-26-28-10-9-18(11-20(19)28)32(30,31)27(2)21-8-3-15(12-23)13-25-21/h3-11,13-14H,1-2H3,(H,24,29). The summed E-state index contributed by atoms with van der Waals surface area (Å²) in [6.07, 6.45) is 4.54. The first-order chi connectivity index (χ1) is 15.3. The SMILES string of the molecule is CNC(=O)c1ccc(-c2cnn3ccc(S(=O)(=O)N(C)c4ccc(C#N)cn4)cc23)cc1. The van der Waals surface area contributed by atoms with E-state index < -0.39 is 10.0 Å². The van der Waals surface area contributed by atoms with Gasteiger partial charge in [0.2, 0.25) is 0 Å². The highest BCUT2D eigenvalue weighted by Gasteiger charge is 2.23. The maximum Gasteiger partial charge on any atom is 0.265 e. The van der Waals surface area contributed by atoms with Gasteiger partial charge in [0, 0.05) is 37.6 Å². The number of carbonyl (C=O) groups is 1. The Balaban J connectivity index is 1.73. The summed E-state index contributed by atoms with van der Waals surface area (Å²) in [5, 5.41) is 15.8. The van der Waals surface area contributed by atoms with Crippen LogP contribution in [0.5, 0.6) is 0 Å². The second kappa shape index (κ2) is 8.13. The second-order valence-corrected chi connectivity index (χ2v) is 8.87. The Morgan fingerprint density at radius 1 is 1.12 bits per heavy atom. The van der Waals surface area contributed by atoms with Crippen LogP contribution in [0.15, 0.2) is 72.0 Å². The van der Waals surface area contributed by atoms with Gasteiger partial charge >= 0.3 is 0 Å². The van der Waals surface area contributed by atoms with Crippen LogP contribution >= 0.6 is 0 Å². The van der Waals surface area contributed by atoms with Crippen LogP contribution in [0.1, 0.15) is 15.9 Å². The number of carbonyl (C=O) groups excluding carboxylic acids is 1. The second-order valence-electron chi connectivity index (χ2n) is 6.90. The molecule has 3 aromatic heterocycles. The number of sulfonamides is 1. The summed E-state index contributed by atoms with van der Waals surface area (Å²) < 4.78 is 29.0. The number of hydrogen-bond donors (Lipinski definition) is 1. The van der Waals surface area contributed by atoms with Gasteiger partial charge in [-0.1, -0.05) is 12.1 Å². The van der Waals surface area contributed by atoms with Crippen molar-refractivity contribution in [1.82, 2.24) is 19.9 Å². The molecule has 32 heavy (non-hydrogen) atoms. The topological polar surface area (TPSA) is 120 Å². The van der Waals surface area contributed by atoms with Crippen molar-refractivity contribution in [2.45, 2.75) is 4.90 Å². The summed E-state index contributed by atoms with van der Waals surface area (Å²) in [5.41, 5.74) is 2.98. The molecule has 0 atom stereocenters. The molecule has 0 saturated carbocycles. The smallest absolute Gasteiger partial charge is 0.265 e. The minimum atomic E-state index is -3.91. The molecule has 0 radical (unpaired) electrons. The molecule has 160 valence electrons. The highest BCUT2D eigenvalue weighted by molar-refractivity contribution is 7.92. The summed E-state index contributed by atoms with van der Waals surface area (Å²) >= 11 is 0. The first-order valence-corrected chi connectivity index (χ1v) is 10.9. The molecule has 10 heteroatoms. The molecule has 0 unspecified atom stereocenters. The predicted molar refractivity (Wildman–Crippen MR) is 119 cm³/mol. The number of pyridine rings is 2. The zero-order valence-corrected chi connectivity index (χ0v) is 18.0. The Labute approximate surface area is 184 Å². The van der Waals surface area contributed by atoms with E-state index in [0.29, 0.717) is 16.6 Å². The molecule has 4 aromatic rings. The van der Waals surface area contributed by atoms with Gasteiger partial charge in [0.15, 0.2) is 0 Å². The Bertz CT molecular complexity index is 1450. The number of benzene rings is 1. The maximum atomic E-state index is 13.2. The van der Waals surface area contributed by atoms with Gasteiger partial charge in [-0.3, -0.25) is 9.10 Å². The average Bonchev–Trinajstić information content (AvgIpc) is 3.26. The Morgan fingerprint density at radius 3 is 2.50 bits per heavy atom. The van der Waals surface area contributed by atoms with Crippen LogP contribution in [-0.4, -0.2) is 43.0 Å². The highest BCUT2D eigenvalue weighted by atomic mass is 32.2. The van der Waals surface area contributed by atoms with Gasteiger partial charge in [-0.25, -0.2) is 17.9 Å². The number of nitriles is 1. The van der Waals surface area contributed by atoms with Gasteiger partial charge in [0.05, 0.1) is 22.2 Å². The zero-order chi connectivity index (χ0) is 22.9. The van der Waals surface area contributed by atoms with E-state index in [1.165, 1.54) is 31.4 Å². The van der Waals surface area contributed by atoms with Crippen molar-refractivity contribution in [3.05, 3.63) is 78.2 Å². The third-order valence-electron chi connectivity index (χ3n) is 5.04. The number of anilines is 1. The highest BCUT2D eigenvalue weighted by Crippen LogP contribution is 2.28. The fourth-order valence-corrected chi connectivity index (χ4v) is 4.37. The maximum absolute atomic E-state index is 13.2. The van der Waals surface area contributed by atoms with Crippen molar-refractivity contribution < 1.29 is 13.2 Å². The Morgan fingerprint density at radius 2 is 1.88 bits per heavy atom. The van der Waals surface area contributed by atoms with Crippen LogP contribution in [0.25, 0.3) is 16.6 Å². The quantitative estimate of drug-likeness (QED) is 0.503. The molecule has 9 nitrogen and oxygen atoms in total. The van der Waals surface area contributed by atoms with Crippen LogP contribution in [0, 0.1) is 11.3 Å². The number of nitrogens with zero attached hydrogens (tertiary/aromatic N) is 5. The lowest BCUT2D eigenvalue weighted by atomic mass is 10.1. The summed E-state index contributed by atoms with van der Waals surface area (Å²) in [7, 11) is -0.939. The van der Waals surface area contributed by atoms with E-state index in [1.807, 2.05) is 6.07 Å². The summed E-state index contributed by atoms with van der Waals surface area (Å²) in [5.74, 6) is 0.00615. The van der Waals surface area contributed by atoms with E-state index >= 15 is 0 Å². The molecule has 0 aliphatic heterocycles. The lowest BCUT2D eigenvalue weighted by Gasteiger charge is -2.18. The molecule has 3 heterocycles.